The van der Waals surface area contributed by atoms with Crippen LogP contribution in [-0.2, 0) is 10.8 Å². The highest BCUT2D eigenvalue weighted by atomic mass is 32.2. The van der Waals surface area contributed by atoms with E-state index in [0.717, 1.165) is 17.7 Å². The summed E-state index contributed by atoms with van der Waals surface area (Å²) < 4.78 is 27.1. The number of rotatable bonds is 5. The topological polar surface area (TPSA) is 32.7 Å². The Morgan fingerprint density at radius 1 is 1.17 bits per heavy atom. The van der Waals surface area contributed by atoms with E-state index in [1.807, 2.05) is 50.9 Å². The molecule has 0 aliphatic heterocycles. The SMILES string of the molecule is CCN(C)C=Nc1cc(F)c(S(=O)c2ccccc2C)cc1C. The van der Waals surface area contributed by atoms with Gasteiger partial charge in [0.05, 0.1) is 27.7 Å². The van der Waals surface area contributed by atoms with Gasteiger partial charge in [-0.15, -0.1) is 0 Å². The van der Waals surface area contributed by atoms with Gasteiger partial charge in [0.1, 0.15) is 5.82 Å². The molecular formula is C18H21FN2OS. The van der Waals surface area contributed by atoms with Gasteiger partial charge in [-0.1, -0.05) is 18.2 Å². The first-order chi connectivity index (χ1) is 10.9. The summed E-state index contributed by atoms with van der Waals surface area (Å²) in [6, 6.07) is 10.3. The summed E-state index contributed by atoms with van der Waals surface area (Å²) in [6.45, 7) is 6.54. The fourth-order valence-electron chi connectivity index (χ4n) is 2.05. The van der Waals surface area contributed by atoms with E-state index in [0.29, 0.717) is 10.6 Å². The van der Waals surface area contributed by atoms with Crippen molar-refractivity contribution in [3.8, 4) is 0 Å². The fraction of sp³-hybridized carbons (Fsp3) is 0.278. The van der Waals surface area contributed by atoms with Gasteiger partial charge in [-0.3, -0.25) is 0 Å². The molecule has 3 nitrogen and oxygen atoms in total. The molecule has 0 radical (unpaired) electrons. The fourth-order valence-corrected chi connectivity index (χ4v) is 3.37. The number of hydrogen-bond acceptors (Lipinski definition) is 2. The highest BCUT2D eigenvalue weighted by Gasteiger charge is 2.16. The molecule has 0 spiro atoms. The molecule has 0 heterocycles. The zero-order chi connectivity index (χ0) is 17.0. The van der Waals surface area contributed by atoms with E-state index in [1.165, 1.54) is 6.07 Å². The molecule has 0 aliphatic rings. The van der Waals surface area contributed by atoms with E-state index >= 15 is 0 Å². The number of aryl methyl sites for hydroxylation is 2. The first-order valence-corrected chi connectivity index (χ1v) is 8.61. The van der Waals surface area contributed by atoms with E-state index in [9.17, 15) is 8.60 Å². The second kappa shape index (κ2) is 7.51. The summed E-state index contributed by atoms with van der Waals surface area (Å²) in [6.07, 6.45) is 1.67. The van der Waals surface area contributed by atoms with Gasteiger partial charge in [0, 0.05) is 24.6 Å². The zero-order valence-corrected chi connectivity index (χ0v) is 14.7. The Bertz CT molecular complexity index is 759. The molecule has 0 N–H and O–H groups in total. The minimum atomic E-state index is -1.54. The monoisotopic (exact) mass is 332 g/mol. The van der Waals surface area contributed by atoms with Crippen LogP contribution in [-0.4, -0.2) is 29.0 Å². The van der Waals surface area contributed by atoms with Crippen molar-refractivity contribution in [1.82, 2.24) is 4.90 Å². The Balaban J connectivity index is 2.39. The molecule has 0 bridgehead atoms. The summed E-state index contributed by atoms with van der Waals surface area (Å²) in [5.41, 5.74) is 2.23. The summed E-state index contributed by atoms with van der Waals surface area (Å²) in [5, 5.41) is 0. The first kappa shape index (κ1) is 17.3. The number of aliphatic imine (C=N–C) groups is 1. The third kappa shape index (κ3) is 4.05. The van der Waals surface area contributed by atoms with Crippen molar-refractivity contribution in [2.45, 2.75) is 30.6 Å². The quantitative estimate of drug-likeness (QED) is 0.606. The zero-order valence-electron chi connectivity index (χ0n) is 13.8. The van der Waals surface area contributed by atoms with Gasteiger partial charge in [-0.05, 0) is 44.0 Å². The van der Waals surface area contributed by atoms with Crippen molar-refractivity contribution in [3.63, 3.8) is 0 Å². The second-order valence-corrected chi connectivity index (χ2v) is 6.84. The van der Waals surface area contributed by atoms with Crippen molar-refractivity contribution in [1.29, 1.82) is 0 Å². The van der Waals surface area contributed by atoms with Gasteiger partial charge >= 0.3 is 0 Å². The smallest absolute Gasteiger partial charge is 0.141 e. The van der Waals surface area contributed by atoms with Crippen LogP contribution in [0.3, 0.4) is 0 Å². The Labute approximate surface area is 139 Å². The Morgan fingerprint density at radius 3 is 2.52 bits per heavy atom. The van der Waals surface area contributed by atoms with Crippen LogP contribution in [0.25, 0.3) is 0 Å². The lowest BCUT2D eigenvalue weighted by atomic mass is 10.2. The number of benzene rings is 2. The average molecular weight is 332 g/mol. The molecular weight excluding hydrogens is 311 g/mol. The van der Waals surface area contributed by atoms with Crippen LogP contribution in [0, 0.1) is 19.7 Å². The minimum Gasteiger partial charge on any atom is -0.366 e. The van der Waals surface area contributed by atoms with Crippen LogP contribution in [0.15, 0.2) is 51.2 Å². The molecule has 2 rings (SSSR count). The van der Waals surface area contributed by atoms with Gasteiger partial charge in [-0.2, -0.15) is 0 Å². The highest BCUT2D eigenvalue weighted by Crippen LogP contribution is 2.28. The molecule has 1 unspecified atom stereocenters. The van der Waals surface area contributed by atoms with Crippen LogP contribution < -0.4 is 0 Å². The molecule has 5 heteroatoms. The van der Waals surface area contributed by atoms with E-state index in [-0.39, 0.29) is 4.90 Å². The maximum Gasteiger partial charge on any atom is 0.141 e. The normalized spacial score (nSPS) is 12.6. The molecule has 23 heavy (non-hydrogen) atoms. The van der Waals surface area contributed by atoms with Crippen LogP contribution in [0.1, 0.15) is 18.1 Å². The molecule has 2 aromatic carbocycles. The minimum absolute atomic E-state index is 0.194. The maximum absolute atomic E-state index is 14.4. The summed E-state index contributed by atoms with van der Waals surface area (Å²) in [7, 11) is 0.359. The molecule has 0 aromatic heterocycles. The molecule has 0 saturated carbocycles. The Kier molecular flexibility index (Phi) is 5.66. The summed E-state index contributed by atoms with van der Waals surface area (Å²) in [4.78, 5) is 7.02. The standard InChI is InChI=1S/C18H21FN2OS/c1-5-21(4)12-20-16-11-15(19)18(10-14(16)3)23(22)17-9-7-6-8-13(17)2/h6-12H,5H2,1-4H3. The van der Waals surface area contributed by atoms with Crippen LogP contribution in [0.5, 0.6) is 0 Å². The van der Waals surface area contributed by atoms with Crippen molar-refractivity contribution >= 4 is 22.8 Å². The third-order valence-corrected chi connectivity index (χ3v) is 5.21. The summed E-state index contributed by atoms with van der Waals surface area (Å²) in [5.74, 6) is -0.497. The van der Waals surface area contributed by atoms with E-state index in [2.05, 4.69) is 4.99 Å². The molecule has 0 saturated heterocycles. The maximum atomic E-state index is 14.4. The molecule has 122 valence electrons. The largest absolute Gasteiger partial charge is 0.366 e. The van der Waals surface area contributed by atoms with E-state index < -0.39 is 16.6 Å². The lowest BCUT2D eigenvalue weighted by molar-refractivity contribution is 0.551. The van der Waals surface area contributed by atoms with Crippen molar-refractivity contribution < 1.29 is 8.60 Å². The van der Waals surface area contributed by atoms with Crippen LogP contribution in [0.4, 0.5) is 10.1 Å². The predicted molar refractivity (Wildman–Crippen MR) is 93.4 cm³/mol. The second-order valence-electron chi connectivity index (χ2n) is 5.42. The molecule has 1 atom stereocenters. The van der Waals surface area contributed by atoms with E-state index in [1.54, 1.807) is 18.5 Å². The predicted octanol–water partition coefficient (Wildman–Crippen LogP) is 4.22. The van der Waals surface area contributed by atoms with Crippen LogP contribution in [0.2, 0.25) is 0 Å². The third-order valence-electron chi connectivity index (χ3n) is 3.64. The van der Waals surface area contributed by atoms with E-state index in [4.69, 9.17) is 0 Å². The molecule has 0 aliphatic carbocycles. The Hall–Kier alpha value is -2.01. The molecule has 0 fully saturated rings. The van der Waals surface area contributed by atoms with Gasteiger partial charge in [0.15, 0.2) is 0 Å². The lowest BCUT2D eigenvalue weighted by Gasteiger charge is -2.11. The van der Waals surface area contributed by atoms with Crippen molar-refractivity contribution in [2.24, 2.45) is 4.99 Å². The number of halogens is 1. The van der Waals surface area contributed by atoms with Gasteiger partial charge < -0.3 is 4.90 Å². The highest BCUT2D eigenvalue weighted by molar-refractivity contribution is 7.85. The van der Waals surface area contributed by atoms with Crippen molar-refractivity contribution in [3.05, 3.63) is 53.3 Å². The number of nitrogens with zero attached hydrogens (tertiary/aromatic N) is 2. The van der Waals surface area contributed by atoms with Crippen molar-refractivity contribution in [2.75, 3.05) is 13.6 Å². The Morgan fingerprint density at radius 2 is 1.87 bits per heavy atom. The number of hydrogen-bond donors (Lipinski definition) is 0. The van der Waals surface area contributed by atoms with Crippen LogP contribution >= 0.6 is 0 Å². The lowest BCUT2D eigenvalue weighted by Crippen LogP contribution is -2.14. The molecule has 0 amide bonds. The summed E-state index contributed by atoms with van der Waals surface area (Å²) >= 11 is 0. The molecule has 2 aromatic rings. The first-order valence-electron chi connectivity index (χ1n) is 7.46. The average Bonchev–Trinajstić information content (AvgIpc) is 2.54. The van der Waals surface area contributed by atoms with Gasteiger partial charge in [-0.25, -0.2) is 13.6 Å². The van der Waals surface area contributed by atoms with Gasteiger partial charge in [0.2, 0.25) is 0 Å². The van der Waals surface area contributed by atoms with Gasteiger partial charge in [0.25, 0.3) is 0 Å².